The number of nitriles is 1. The van der Waals surface area contributed by atoms with Crippen molar-refractivity contribution in [2.24, 2.45) is 0 Å². The fourth-order valence-corrected chi connectivity index (χ4v) is 1.90. The van der Waals surface area contributed by atoms with Crippen molar-refractivity contribution in [1.29, 1.82) is 5.26 Å². The molecule has 3 nitrogen and oxygen atoms in total. The van der Waals surface area contributed by atoms with E-state index in [1.165, 1.54) is 19.3 Å². The Labute approximate surface area is 90.4 Å². The molecule has 15 heavy (non-hydrogen) atoms. The first-order valence-electron chi connectivity index (χ1n) is 5.32. The highest BCUT2D eigenvalue weighted by atomic mass is 15.2. The molecule has 0 saturated heterocycles. The van der Waals surface area contributed by atoms with E-state index in [2.05, 4.69) is 16.0 Å². The Morgan fingerprint density at radius 1 is 1.53 bits per heavy atom. The molecule has 0 aliphatic heterocycles. The Kier molecular flexibility index (Phi) is 2.59. The highest BCUT2D eigenvalue weighted by molar-refractivity contribution is 5.57. The van der Waals surface area contributed by atoms with E-state index in [-0.39, 0.29) is 0 Å². The Morgan fingerprint density at radius 2 is 2.27 bits per heavy atom. The van der Waals surface area contributed by atoms with Crippen LogP contribution in [0.3, 0.4) is 0 Å². The molecule has 0 unspecified atom stereocenters. The van der Waals surface area contributed by atoms with Crippen LogP contribution in [0.5, 0.6) is 0 Å². The largest absolute Gasteiger partial charge is 0.356 e. The molecule has 1 fully saturated rings. The van der Waals surface area contributed by atoms with Crippen LogP contribution in [0.1, 0.15) is 30.4 Å². The van der Waals surface area contributed by atoms with Gasteiger partial charge in [0.05, 0.1) is 5.56 Å². The van der Waals surface area contributed by atoms with Crippen molar-refractivity contribution in [3.8, 4) is 6.07 Å². The van der Waals surface area contributed by atoms with E-state index in [1.54, 1.807) is 6.20 Å². The maximum Gasteiger partial charge on any atom is 0.146 e. The van der Waals surface area contributed by atoms with Crippen LogP contribution in [0.4, 0.5) is 5.82 Å². The molecule has 3 heteroatoms. The SMILES string of the molecule is Cc1ccnc(N(C)C2CCC2)c1C#N. The fourth-order valence-electron chi connectivity index (χ4n) is 1.90. The predicted octanol–water partition coefficient (Wildman–Crippen LogP) is 2.25. The zero-order chi connectivity index (χ0) is 10.8. The summed E-state index contributed by atoms with van der Waals surface area (Å²) in [5, 5.41) is 9.10. The van der Waals surface area contributed by atoms with Gasteiger partial charge in [-0.15, -0.1) is 0 Å². The van der Waals surface area contributed by atoms with Crippen LogP contribution in [0, 0.1) is 18.3 Å². The topological polar surface area (TPSA) is 39.9 Å². The highest BCUT2D eigenvalue weighted by Gasteiger charge is 2.24. The summed E-state index contributed by atoms with van der Waals surface area (Å²) in [6.07, 6.45) is 5.51. The van der Waals surface area contributed by atoms with E-state index >= 15 is 0 Å². The van der Waals surface area contributed by atoms with Gasteiger partial charge in [-0.1, -0.05) is 0 Å². The number of pyridine rings is 1. The van der Waals surface area contributed by atoms with Crippen LogP contribution in [0.15, 0.2) is 12.3 Å². The van der Waals surface area contributed by atoms with Gasteiger partial charge < -0.3 is 4.90 Å². The molecule has 0 bridgehead atoms. The van der Waals surface area contributed by atoms with E-state index in [0.717, 1.165) is 11.4 Å². The van der Waals surface area contributed by atoms with Crippen LogP contribution >= 0.6 is 0 Å². The van der Waals surface area contributed by atoms with Crippen molar-refractivity contribution in [3.63, 3.8) is 0 Å². The van der Waals surface area contributed by atoms with Crippen LogP contribution in [0.2, 0.25) is 0 Å². The second-order valence-corrected chi connectivity index (χ2v) is 4.13. The molecular formula is C12H15N3. The average molecular weight is 201 g/mol. The summed E-state index contributed by atoms with van der Waals surface area (Å²) in [5.41, 5.74) is 1.72. The third-order valence-electron chi connectivity index (χ3n) is 3.21. The van der Waals surface area contributed by atoms with Gasteiger partial charge in [-0.05, 0) is 37.8 Å². The predicted molar refractivity (Wildman–Crippen MR) is 59.7 cm³/mol. The molecular weight excluding hydrogens is 186 g/mol. The number of aromatic nitrogens is 1. The van der Waals surface area contributed by atoms with Gasteiger partial charge >= 0.3 is 0 Å². The number of hydrogen-bond donors (Lipinski definition) is 0. The number of rotatable bonds is 2. The lowest BCUT2D eigenvalue weighted by molar-refractivity contribution is 0.399. The van der Waals surface area contributed by atoms with Crippen molar-refractivity contribution in [2.75, 3.05) is 11.9 Å². The van der Waals surface area contributed by atoms with Gasteiger partial charge in [-0.2, -0.15) is 5.26 Å². The van der Waals surface area contributed by atoms with E-state index in [4.69, 9.17) is 5.26 Å². The molecule has 2 rings (SSSR count). The number of anilines is 1. The summed E-state index contributed by atoms with van der Waals surface area (Å²) in [4.78, 5) is 6.46. The first-order chi connectivity index (χ1) is 7.24. The van der Waals surface area contributed by atoms with Crippen LogP contribution < -0.4 is 4.90 Å². The molecule has 1 aliphatic carbocycles. The van der Waals surface area contributed by atoms with E-state index in [0.29, 0.717) is 11.6 Å². The minimum absolute atomic E-state index is 0.575. The van der Waals surface area contributed by atoms with Gasteiger partial charge in [-0.3, -0.25) is 0 Å². The van der Waals surface area contributed by atoms with Gasteiger partial charge in [0, 0.05) is 19.3 Å². The lowest BCUT2D eigenvalue weighted by atomic mass is 9.91. The smallest absolute Gasteiger partial charge is 0.146 e. The Hall–Kier alpha value is -1.56. The van der Waals surface area contributed by atoms with E-state index < -0.39 is 0 Å². The maximum absolute atomic E-state index is 9.10. The van der Waals surface area contributed by atoms with Crippen molar-refractivity contribution >= 4 is 5.82 Å². The van der Waals surface area contributed by atoms with Crippen molar-refractivity contribution < 1.29 is 0 Å². The molecule has 1 saturated carbocycles. The molecule has 0 aromatic carbocycles. The standard InChI is InChI=1S/C12H15N3/c1-9-6-7-14-12(11(9)8-13)15(2)10-4-3-5-10/h6-7,10H,3-5H2,1-2H3. The molecule has 0 N–H and O–H groups in total. The third kappa shape index (κ3) is 1.68. The van der Waals surface area contributed by atoms with Crippen LogP contribution in [0.25, 0.3) is 0 Å². The maximum atomic E-state index is 9.10. The average Bonchev–Trinajstić information content (AvgIpc) is 2.14. The summed E-state index contributed by atoms with van der Waals surface area (Å²) in [7, 11) is 2.03. The van der Waals surface area contributed by atoms with Crippen LogP contribution in [-0.2, 0) is 0 Å². The number of hydrogen-bond acceptors (Lipinski definition) is 3. The minimum Gasteiger partial charge on any atom is -0.356 e. The van der Waals surface area contributed by atoms with E-state index in [1.807, 2.05) is 20.0 Å². The third-order valence-corrected chi connectivity index (χ3v) is 3.21. The number of aryl methyl sites for hydroxylation is 1. The molecule has 0 atom stereocenters. The molecule has 0 radical (unpaired) electrons. The van der Waals surface area contributed by atoms with Crippen molar-refractivity contribution in [3.05, 3.63) is 23.4 Å². The molecule has 1 heterocycles. The monoisotopic (exact) mass is 201 g/mol. The van der Waals surface area contributed by atoms with Gasteiger partial charge in [0.25, 0.3) is 0 Å². The molecule has 0 spiro atoms. The van der Waals surface area contributed by atoms with Crippen LogP contribution in [-0.4, -0.2) is 18.1 Å². The molecule has 78 valence electrons. The summed E-state index contributed by atoms with van der Waals surface area (Å²) in [6, 6.07) is 4.70. The highest BCUT2D eigenvalue weighted by Crippen LogP contribution is 2.29. The van der Waals surface area contributed by atoms with Gasteiger partial charge in [0.15, 0.2) is 0 Å². The lowest BCUT2D eigenvalue weighted by Gasteiger charge is -2.36. The number of nitrogens with zero attached hydrogens (tertiary/aromatic N) is 3. The van der Waals surface area contributed by atoms with Crippen molar-refractivity contribution in [1.82, 2.24) is 4.98 Å². The quantitative estimate of drug-likeness (QED) is 0.736. The summed E-state index contributed by atoms with van der Waals surface area (Å²) >= 11 is 0. The zero-order valence-corrected chi connectivity index (χ0v) is 9.20. The van der Waals surface area contributed by atoms with Gasteiger partial charge in [-0.25, -0.2) is 4.98 Å². The Morgan fingerprint density at radius 3 is 2.80 bits per heavy atom. The minimum atomic E-state index is 0.575. The summed E-state index contributed by atoms with van der Waals surface area (Å²) in [6.45, 7) is 1.96. The fraction of sp³-hybridized carbons (Fsp3) is 0.500. The first kappa shape index (κ1) is 9.97. The second kappa shape index (κ2) is 3.90. The Bertz CT molecular complexity index is 402. The van der Waals surface area contributed by atoms with Gasteiger partial charge in [0.2, 0.25) is 0 Å². The lowest BCUT2D eigenvalue weighted by Crippen LogP contribution is -2.38. The van der Waals surface area contributed by atoms with E-state index in [9.17, 15) is 0 Å². The first-order valence-corrected chi connectivity index (χ1v) is 5.32. The van der Waals surface area contributed by atoms with Crippen molar-refractivity contribution in [2.45, 2.75) is 32.2 Å². The molecule has 1 aromatic heterocycles. The molecule has 0 amide bonds. The zero-order valence-electron chi connectivity index (χ0n) is 9.20. The van der Waals surface area contributed by atoms with Gasteiger partial charge in [0.1, 0.15) is 11.9 Å². The molecule has 1 aromatic rings. The second-order valence-electron chi connectivity index (χ2n) is 4.13. The normalized spacial score (nSPS) is 15.5. The Balaban J connectivity index is 2.34. The summed E-state index contributed by atoms with van der Waals surface area (Å²) in [5.74, 6) is 0.835. The summed E-state index contributed by atoms with van der Waals surface area (Å²) < 4.78 is 0. The molecule has 1 aliphatic rings.